The minimum atomic E-state index is -0.658. The molecule has 1 aromatic heterocycles. The molecular formula is C16H15ClN4O4. The van der Waals surface area contributed by atoms with E-state index >= 15 is 0 Å². The van der Waals surface area contributed by atoms with Crippen molar-refractivity contribution in [1.29, 1.82) is 0 Å². The predicted octanol–water partition coefficient (Wildman–Crippen LogP) is 2.11. The molecule has 2 rings (SSSR count). The average molecular weight is 363 g/mol. The number of hydrogen-bond acceptors (Lipinski definition) is 5. The first-order chi connectivity index (χ1) is 11.9. The molecule has 130 valence electrons. The smallest absolute Gasteiger partial charge is 0.288 e. The number of nitro groups is 1. The lowest BCUT2D eigenvalue weighted by Gasteiger charge is -2.07. The summed E-state index contributed by atoms with van der Waals surface area (Å²) in [5, 5.41) is 16.0. The number of nitro benzene ring substituents is 1. The SMILES string of the molecule is Cc1ccc(C(=O)NCCNC(=O)c2ccc(Cl)c([N+](=O)[O-])c2)cn1. The predicted molar refractivity (Wildman–Crippen MR) is 91.7 cm³/mol. The zero-order valence-electron chi connectivity index (χ0n) is 13.3. The molecule has 2 N–H and O–H groups in total. The van der Waals surface area contributed by atoms with Gasteiger partial charge in [0.15, 0.2) is 0 Å². The van der Waals surface area contributed by atoms with Crippen molar-refractivity contribution in [2.45, 2.75) is 6.92 Å². The second-order valence-electron chi connectivity index (χ2n) is 5.12. The van der Waals surface area contributed by atoms with E-state index in [-0.39, 0.29) is 35.3 Å². The maximum absolute atomic E-state index is 12.0. The molecule has 0 atom stereocenters. The Morgan fingerprint density at radius 1 is 1.12 bits per heavy atom. The summed E-state index contributed by atoms with van der Waals surface area (Å²) in [7, 11) is 0. The number of nitrogens with one attached hydrogen (secondary N) is 2. The van der Waals surface area contributed by atoms with Crippen molar-refractivity contribution in [1.82, 2.24) is 15.6 Å². The van der Waals surface area contributed by atoms with Crippen molar-refractivity contribution in [3.8, 4) is 0 Å². The molecule has 8 nitrogen and oxygen atoms in total. The van der Waals surface area contributed by atoms with E-state index in [4.69, 9.17) is 11.6 Å². The average Bonchev–Trinajstić information content (AvgIpc) is 2.59. The van der Waals surface area contributed by atoms with Gasteiger partial charge in [0.05, 0.1) is 10.5 Å². The Kier molecular flexibility index (Phi) is 6.02. The number of pyridine rings is 1. The fraction of sp³-hybridized carbons (Fsp3) is 0.188. The standard InChI is InChI=1S/C16H15ClN4O4/c1-10-2-3-12(9-20-10)16(23)19-7-6-18-15(22)11-4-5-13(17)14(8-11)21(24)25/h2-5,8-9H,6-7H2,1H3,(H,18,22)(H,19,23). The lowest BCUT2D eigenvalue weighted by molar-refractivity contribution is -0.384. The molecule has 1 heterocycles. The van der Waals surface area contributed by atoms with Crippen LogP contribution in [0.1, 0.15) is 26.4 Å². The molecule has 0 radical (unpaired) electrons. The highest BCUT2D eigenvalue weighted by Crippen LogP contribution is 2.24. The van der Waals surface area contributed by atoms with E-state index in [0.29, 0.717) is 5.56 Å². The molecule has 2 aromatic rings. The van der Waals surface area contributed by atoms with E-state index in [0.717, 1.165) is 11.8 Å². The van der Waals surface area contributed by atoms with Gasteiger partial charge in [0.1, 0.15) is 5.02 Å². The summed E-state index contributed by atoms with van der Waals surface area (Å²) in [6.45, 7) is 2.19. The highest BCUT2D eigenvalue weighted by atomic mass is 35.5. The minimum Gasteiger partial charge on any atom is -0.350 e. The third-order valence-electron chi connectivity index (χ3n) is 3.27. The molecule has 25 heavy (non-hydrogen) atoms. The van der Waals surface area contributed by atoms with Crippen LogP contribution in [0, 0.1) is 17.0 Å². The van der Waals surface area contributed by atoms with Gasteiger partial charge in [0, 0.05) is 36.6 Å². The molecule has 0 spiro atoms. The molecule has 0 unspecified atom stereocenters. The van der Waals surface area contributed by atoms with Crippen LogP contribution in [-0.2, 0) is 0 Å². The quantitative estimate of drug-likeness (QED) is 0.464. The van der Waals surface area contributed by atoms with Crippen LogP contribution < -0.4 is 10.6 Å². The third-order valence-corrected chi connectivity index (χ3v) is 3.59. The number of carbonyl (C=O) groups is 2. The highest BCUT2D eigenvalue weighted by molar-refractivity contribution is 6.32. The van der Waals surface area contributed by atoms with E-state index in [1.54, 1.807) is 12.1 Å². The Labute approximate surface area is 148 Å². The van der Waals surface area contributed by atoms with E-state index in [9.17, 15) is 19.7 Å². The van der Waals surface area contributed by atoms with Gasteiger partial charge in [-0.3, -0.25) is 24.7 Å². The summed E-state index contributed by atoms with van der Waals surface area (Å²) in [4.78, 5) is 38.1. The van der Waals surface area contributed by atoms with Crippen molar-refractivity contribution in [3.05, 3.63) is 68.5 Å². The summed E-state index contributed by atoms with van der Waals surface area (Å²) in [6, 6.07) is 7.17. The first kappa shape index (κ1) is 18.3. The van der Waals surface area contributed by atoms with Gasteiger partial charge in [0.2, 0.25) is 0 Å². The maximum Gasteiger partial charge on any atom is 0.288 e. The van der Waals surface area contributed by atoms with Gasteiger partial charge in [-0.2, -0.15) is 0 Å². The monoisotopic (exact) mass is 362 g/mol. The van der Waals surface area contributed by atoms with Crippen molar-refractivity contribution in [2.24, 2.45) is 0 Å². The van der Waals surface area contributed by atoms with Gasteiger partial charge in [0.25, 0.3) is 17.5 Å². The van der Waals surface area contributed by atoms with Crippen LogP contribution in [0.5, 0.6) is 0 Å². The third kappa shape index (κ3) is 4.98. The molecule has 9 heteroatoms. The number of benzene rings is 1. The summed E-state index contributed by atoms with van der Waals surface area (Å²) >= 11 is 5.70. The Bertz CT molecular complexity index is 808. The van der Waals surface area contributed by atoms with E-state index in [1.807, 2.05) is 6.92 Å². The molecule has 0 aliphatic rings. The van der Waals surface area contributed by atoms with Gasteiger partial charge >= 0.3 is 0 Å². The first-order valence-electron chi connectivity index (χ1n) is 7.31. The summed E-state index contributed by atoms with van der Waals surface area (Å²) in [5.74, 6) is -0.796. The molecule has 0 bridgehead atoms. The van der Waals surface area contributed by atoms with Gasteiger partial charge in [-0.05, 0) is 31.2 Å². The molecule has 1 aromatic carbocycles. The number of nitrogens with zero attached hydrogens (tertiary/aromatic N) is 2. The summed E-state index contributed by atoms with van der Waals surface area (Å²) < 4.78 is 0. The van der Waals surface area contributed by atoms with E-state index in [1.165, 1.54) is 18.3 Å². The highest BCUT2D eigenvalue weighted by Gasteiger charge is 2.16. The van der Waals surface area contributed by atoms with Crippen LogP contribution in [0.2, 0.25) is 5.02 Å². The molecule has 2 amide bonds. The number of rotatable bonds is 6. The fourth-order valence-corrected chi connectivity index (χ4v) is 2.14. The molecule has 0 aliphatic heterocycles. The molecule has 0 aliphatic carbocycles. The number of amides is 2. The van der Waals surface area contributed by atoms with Crippen LogP contribution in [0.15, 0.2) is 36.5 Å². The zero-order chi connectivity index (χ0) is 18.4. The number of halogens is 1. The van der Waals surface area contributed by atoms with Crippen LogP contribution in [0.3, 0.4) is 0 Å². The van der Waals surface area contributed by atoms with Crippen LogP contribution in [0.25, 0.3) is 0 Å². The van der Waals surface area contributed by atoms with Crippen molar-refractivity contribution in [2.75, 3.05) is 13.1 Å². The number of aromatic nitrogens is 1. The van der Waals surface area contributed by atoms with Crippen molar-refractivity contribution in [3.63, 3.8) is 0 Å². The Hall–Kier alpha value is -3.00. The molecule has 0 saturated carbocycles. The molecule has 0 saturated heterocycles. The number of hydrogen-bond donors (Lipinski definition) is 2. The van der Waals surface area contributed by atoms with E-state index < -0.39 is 10.8 Å². The van der Waals surface area contributed by atoms with Crippen LogP contribution >= 0.6 is 11.6 Å². The Morgan fingerprint density at radius 3 is 2.28 bits per heavy atom. The van der Waals surface area contributed by atoms with Gasteiger partial charge in [-0.1, -0.05) is 11.6 Å². The normalized spacial score (nSPS) is 10.2. The number of carbonyl (C=O) groups excluding carboxylic acids is 2. The van der Waals surface area contributed by atoms with Gasteiger partial charge in [-0.15, -0.1) is 0 Å². The number of aryl methyl sites for hydroxylation is 1. The second kappa shape index (κ2) is 8.20. The topological polar surface area (TPSA) is 114 Å². The minimum absolute atomic E-state index is 0.0412. The van der Waals surface area contributed by atoms with Crippen molar-refractivity contribution >= 4 is 29.1 Å². The maximum atomic E-state index is 12.0. The van der Waals surface area contributed by atoms with Crippen LogP contribution in [0.4, 0.5) is 5.69 Å². The lowest BCUT2D eigenvalue weighted by atomic mass is 10.2. The Morgan fingerprint density at radius 2 is 1.72 bits per heavy atom. The summed E-state index contributed by atoms with van der Waals surface area (Å²) in [6.07, 6.45) is 1.47. The Balaban J connectivity index is 1.84. The lowest BCUT2D eigenvalue weighted by Crippen LogP contribution is -2.34. The van der Waals surface area contributed by atoms with Crippen LogP contribution in [-0.4, -0.2) is 34.8 Å². The first-order valence-corrected chi connectivity index (χ1v) is 7.69. The largest absolute Gasteiger partial charge is 0.350 e. The molecule has 0 fully saturated rings. The van der Waals surface area contributed by atoms with Crippen molar-refractivity contribution < 1.29 is 14.5 Å². The van der Waals surface area contributed by atoms with Gasteiger partial charge < -0.3 is 10.6 Å². The zero-order valence-corrected chi connectivity index (χ0v) is 14.0. The van der Waals surface area contributed by atoms with Gasteiger partial charge in [-0.25, -0.2) is 0 Å². The molecular weight excluding hydrogens is 348 g/mol. The van der Waals surface area contributed by atoms with E-state index in [2.05, 4.69) is 15.6 Å². The summed E-state index contributed by atoms with van der Waals surface area (Å²) in [5.41, 5.74) is 1.01. The fourth-order valence-electron chi connectivity index (χ4n) is 1.95. The second-order valence-corrected chi connectivity index (χ2v) is 5.53.